The third kappa shape index (κ3) is 1.33. The molecule has 0 aliphatic heterocycles. The lowest BCUT2D eigenvalue weighted by Crippen LogP contribution is -2.03. The van der Waals surface area contributed by atoms with Crippen LogP contribution in [0.25, 0.3) is 0 Å². The summed E-state index contributed by atoms with van der Waals surface area (Å²) in [5, 5.41) is 8.95. The number of methoxy groups -OCH3 is 1. The van der Waals surface area contributed by atoms with Crippen LogP contribution in [0.1, 0.15) is 18.4 Å². The van der Waals surface area contributed by atoms with Gasteiger partial charge in [-0.25, -0.2) is 4.39 Å². The van der Waals surface area contributed by atoms with E-state index in [0.717, 1.165) is 18.4 Å². The highest BCUT2D eigenvalue weighted by molar-refractivity contribution is 5.43. The van der Waals surface area contributed by atoms with Crippen LogP contribution in [0.5, 0.6) is 5.75 Å². The molecule has 3 heteroatoms. The van der Waals surface area contributed by atoms with E-state index in [1.165, 1.54) is 19.2 Å². The molecule has 0 aromatic heterocycles. The van der Waals surface area contributed by atoms with Gasteiger partial charge in [0.2, 0.25) is 0 Å². The van der Waals surface area contributed by atoms with Crippen LogP contribution in [-0.2, 0) is 5.41 Å². The quantitative estimate of drug-likeness (QED) is 0.719. The number of nitrogens with zero attached hydrogens (tertiary/aromatic N) is 1. The number of ether oxygens (including phenoxy) is 1. The molecule has 0 unspecified atom stereocenters. The maximum absolute atomic E-state index is 13.1. The van der Waals surface area contributed by atoms with Crippen LogP contribution in [0.15, 0.2) is 18.2 Å². The molecule has 0 atom stereocenters. The highest BCUT2D eigenvalue weighted by Gasteiger charge is 2.45. The largest absolute Gasteiger partial charge is 0.497 e. The summed E-state index contributed by atoms with van der Waals surface area (Å²) in [5.74, 6) is 0.127. The Morgan fingerprint density at radius 3 is 2.64 bits per heavy atom. The van der Waals surface area contributed by atoms with E-state index in [9.17, 15) is 4.39 Å². The Balaban J connectivity index is 2.45. The lowest BCUT2D eigenvalue weighted by Gasteiger charge is -2.08. The van der Waals surface area contributed by atoms with Gasteiger partial charge in [0.05, 0.1) is 18.6 Å². The standard InChI is InChI=1S/C11H10FNO/c1-14-10-5-8(4-9(12)6-10)11(7-13)2-3-11/h4-6H,2-3H2,1H3. The fourth-order valence-electron chi connectivity index (χ4n) is 1.55. The Labute approximate surface area is 81.9 Å². The van der Waals surface area contributed by atoms with Gasteiger partial charge >= 0.3 is 0 Å². The Morgan fingerprint density at radius 1 is 1.43 bits per heavy atom. The van der Waals surface area contributed by atoms with Crippen LogP contribution >= 0.6 is 0 Å². The second-order valence-electron chi connectivity index (χ2n) is 3.57. The minimum atomic E-state index is -0.449. The summed E-state index contributed by atoms with van der Waals surface area (Å²) >= 11 is 0. The van der Waals surface area contributed by atoms with E-state index < -0.39 is 5.41 Å². The van der Waals surface area contributed by atoms with Gasteiger partial charge in [-0.05, 0) is 30.5 Å². The predicted octanol–water partition coefficient (Wildman–Crippen LogP) is 2.39. The lowest BCUT2D eigenvalue weighted by atomic mass is 9.97. The summed E-state index contributed by atoms with van der Waals surface area (Å²) in [5.41, 5.74) is 0.284. The number of rotatable bonds is 2. The molecule has 72 valence electrons. The third-order valence-electron chi connectivity index (χ3n) is 2.62. The first-order valence-corrected chi connectivity index (χ1v) is 4.46. The zero-order chi connectivity index (χ0) is 10.2. The van der Waals surface area contributed by atoms with Crippen molar-refractivity contribution in [2.75, 3.05) is 7.11 Å². The number of halogens is 1. The molecule has 1 aliphatic rings. The molecule has 1 aliphatic carbocycles. The maximum atomic E-state index is 13.1. The average molecular weight is 191 g/mol. The highest BCUT2D eigenvalue weighted by atomic mass is 19.1. The van der Waals surface area contributed by atoms with E-state index in [-0.39, 0.29) is 5.82 Å². The van der Waals surface area contributed by atoms with Crippen LogP contribution in [0.4, 0.5) is 4.39 Å². The summed E-state index contributed by atoms with van der Waals surface area (Å²) in [6, 6.07) is 6.69. The fraction of sp³-hybridized carbons (Fsp3) is 0.364. The molecular weight excluding hydrogens is 181 g/mol. The van der Waals surface area contributed by atoms with Gasteiger partial charge in [0.1, 0.15) is 11.6 Å². The fourth-order valence-corrected chi connectivity index (χ4v) is 1.55. The Morgan fingerprint density at radius 2 is 2.14 bits per heavy atom. The molecule has 0 radical (unpaired) electrons. The molecule has 1 fully saturated rings. The molecule has 0 bridgehead atoms. The summed E-state index contributed by atoms with van der Waals surface area (Å²) in [7, 11) is 1.49. The van der Waals surface area contributed by atoms with Gasteiger partial charge in [0.15, 0.2) is 0 Å². The van der Waals surface area contributed by atoms with E-state index in [0.29, 0.717) is 5.75 Å². The molecule has 2 nitrogen and oxygen atoms in total. The van der Waals surface area contributed by atoms with Crippen LogP contribution in [0.2, 0.25) is 0 Å². The van der Waals surface area contributed by atoms with Gasteiger partial charge in [-0.15, -0.1) is 0 Å². The third-order valence-corrected chi connectivity index (χ3v) is 2.62. The molecule has 0 N–H and O–H groups in total. The zero-order valence-corrected chi connectivity index (χ0v) is 7.88. The van der Waals surface area contributed by atoms with Crippen molar-refractivity contribution in [2.45, 2.75) is 18.3 Å². The van der Waals surface area contributed by atoms with Crippen molar-refractivity contribution in [2.24, 2.45) is 0 Å². The van der Waals surface area contributed by atoms with Gasteiger partial charge in [-0.2, -0.15) is 5.26 Å². The van der Waals surface area contributed by atoms with Crippen molar-refractivity contribution in [3.05, 3.63) is 29.6 Å². The molecule has 0 amide bonds. The normalized spacial score (nSPS) is 17.2. The molecule has 0 saturated heterocycles. The van der Waals surface area contributed by atoms with E-state index >= 15 is 0 Å². The van der Waals surface area contributed by atoms with Gasteiger partial charge in [-0.1, -0.05) is 0 Å². The first kappa shape index (κ1) is 9.01. The Bertz CT molecular complexity index is 404. The van der Waals surface area contributed by atoms with Gasteiger partial charge in [-0.3, -0.25) is 0 Å². The van der Waals surface area contributed by atoms with Crippen molar-refractivity contribution >= 4 is 0 Å². The molecular formula is C11H10FNO. The number of nitriles is 1. The lowest BCUT2D eigenvalue weighted by molar-refractivity contribution is 0.410. The van der Waals surface area contributed by atoms with E-state index in [4.69, 9.17) is 10.00 Å². The van der Waals surface area contributed by atoms with Crippen LogP contribution in [0, 0.1) is 17.1 Å². The second kappa shape index (κ2) is 2.98. The SMILES string of the molecule is COc1cc(F)cc(C2(C#N)CC2)c1. The predicted molar refractivity (Wildman–Crippen MR) is 49.5 cm³/mol. The summed E-state index contributed by atoms with van der Waals surface area (Å²) in [6.07, 6.45) is 1.63. The van der Waals surface area contributed by atoms with Crippen molar-refractivity contribution in [3.63, 3.8) is 0 Å². The summed E-state index contributed by atoms with van der Waals surface area (Å²) in [6.45, 7) is 0. The van der Waals surface area contributed by atoms with Crippen LogP contribution < -0.4 is 4.74 Å². The van der Waals surface area contributed by atoms with Crippen molar-refractivity contribution in [1.29, 1.82) is 5.26 Å². The van der Waals surface area contributed by atoms with E-state index in [1.807, 2.05) is 0 Å². The topological polar surface area (TPSA) is 33.0 Å². The monoisotopic (exact) mass is 191 g/mol. The second-order valence-corrected chi connectivity index (χ2v) is 3.57. The molecule has 1 aromatic carbocycles. The molecule has 0 spiro atoms. The van der Waals surface area contributed by atoms with Crippen molar-refractivity contribution in [3.8, 4) is 11.8 Å². The maximum Gasteiger partial charge on any atom is 0.127 e. The van der Waals surface area contributed by atoms with Crippen LogP contribution in [0.3, 0.4) is 0 Å². The first-order chi connectivity index (χ1) is 6.70. The Kier molecular flexibility index (Phi) is 1.92. The van der Waals surface area contributed by atoms with E-state index in [2.05, 4.69) is 6.07 Å². The number of hydrogen-bond donors (Lipinski definition) is 0. The van der Waals surface area contributed by atoms with Gasteiger partial charge in [0, 0.05) is 6.07 Å². The smallest absolute Gasteiger partial charge is 0.127 e. The number of benzene rings is 1. The minimum absolute atomic E-state index is 0.346. The first-order valence-electron chi connectivity index (χ1n) is 4.46. The van der Waals surface area contributed by atoms with E-state index in [1.54, 1.807) is 6.07 Å². The summed E-state index contributed by atoms with van der Waals surface area (Å²) in [4.78, 5) is 0. The minimum Gasteiger partial charge on any atom is -0.497 e. The molecule has 14 heavy (non-hydrogen) atoms. The molecule has 1 aromatic rings. The van der Waals surface area contributed by atoms with Gasteiger partial charge in [0.25, 0.3) is 0 Å². The number of hydrogen-bond acceptors (Lipinski definition) is 2. The summed E-state index contributed by atoms with van der Waals surface area (Å²) < 4.78 is 18.1. The zero-order valence-electron chi connectivity index (χ0n) is 7.88. The van der Waals surface area contributed by atoms with Crippen molar-refractivity contribution in [1.82, 2.24) is 0 Å². The van der Waals surface area contributed by atoms with Crippen LogP contribution in [-0.4, -0.2) is 7.11 Å². The highest BCUT2D eigenvalue weighted by Crippen LogP contribution is 2.48. The van der Waals surface area contributed by atoms with Crippen molar-refractivity contribution < 1.29 is 9.13 Å². The molecule has 2 rings (SSSR count). The van der Waals surface area contributed by atoms with Gasteiger partial charge < -0.3 is 4.74 Å². The molecule has 1 saturated carbocycles. The average Bonchev–Trinajstić information content (AvgIpc) is 2.97. The molecule has 0 heterocycles. The Hall–Kier alpha value is -1.56.